The standard InChI is InChI=1S/C18H26N2O6Si2/c1-21-27(22-2,17-9-5-15(6-10-17)13-25-14-19)26-28(23-3,24-4)18-11-7-16(20)8-12-18/h5-12,14,19H,13,20H2,1-4H3. The van der Waals surface area contributed by atoms with E-state index in [0.29, 0.717) is 12.3 Å². The van der Waals surface area contributed by atoms with E-state index in [1.807, 2.05) is 36.4 Å². The first kappa shape index (κ1) is 22.2. The average Bonchev–Trinajstić information content (AvgIpc) is 2.75. The van der Waals surface area contributed by atoms with Crippen molar-refractivity contribution in [1.29, 1.82) is 5.41 Å². The largest absolute Gasteiger partial charge is 0.529 e. The number of anilines is 1. The molecule has 152 valence electrons. The predicted octanol–water partition coefficient (Wildman–Crippen LogP) is 0.987. The summed E-state index contributed by atoms with van der Waals surface area (Å²) in [6.45, 7) is 0.305. The van der Waals surface area contributed by atoms with Gasteiger partial charge in [0, 0.05) is 44.5 Å². The highest BCUT2D eigenvalue weighted by atomic mass is 28.5. The number of rotatable bonds is 11. The molecule has 2 aromatic carbocycles. The van der Waals surface area contributed by atoms with Crippen molar-refractivity contribution in [3.63, 3.8) is 0 Å². The molecule has 0 atom stereocenters. The Labute approximate surface area is 167 Å². The Bertz CT molecular complexity index is 750. The number of nitrogens with one attached hydrogen (secondary N) is 1. The van der Waals surface area contributed by atoms with Crippen molar-refractivity contribution in [2.24, 2.45) is 0 Å². The smallest absolute Gasteiger partial charge is 0.479 e. The van der Waals surface area contributed by atoms with Crippen LogP contribution in [0.25, 0.3) is 0 Å². The van der Waals surface area contributed by atoms with Gasteiger partial charge in [0.05, 0.1) is 0 Å². The van der Waals surface area contributed by atoms with E-state index in [1.54, 1.807) is 12.1 Å². The third-order valence-electron chi connectivity index (χ3n) is 4.25. The molecule has 10 heteroatoms. The molecule has 0 heterocycles. The van der Waals surface area contributed by atoms with Crippen LogP contribution >= 0.6 is 0 Å². The normalized spacial score (nSPS) is 12.0. The van der Waals surface area contributed by atoms with Crippen molar-refractivity contribution >= 4 is 40.1 Å². The monoisotopic (exact) mass is 422 g/mol. The molecular weight excluding hydrogens is 396 g/mol. The van der Waals surface area contributed by atoms with Gasteiger partial charge in [-0.3, -0.25) is 5.41 Å². The van der Waals surface area contributed by atoms with Gasteiger partial charge in [-0.2, -0.15) is 0 Å². The van der Waals surface area contributed by atoms with Crippen LogP contribution in [0, 0.1) is 5.41 Å². The summed E-state index contributed by atoms with van der Waals surface area (Å²) in [6.07, 6.45) is 0.907. The number of hydrogen-bond donors (Lipinski definition) is 2. The van der Waals surface area contributed by atoms with E-state index in [0.717, 1.165) is 22.3 Å². The lowest BCUT2D eigenvalue weighted by Gasteiger charge is -2.35. The summed E-state index contributed by atoms with van der Waals surface area (Å²) in [6, 6.07) is 14.6. The van der Waals surface area contributed by atoms with Crippen molar-refractivity contribution in [3.05, 3.63) is 54.1 Å². The lowest BCUT2D eigenvalue weighted by molar-refractivity contribution is 0.107. The number of benzene rings is 2. The average molecular weight is 423 g/mol. The highest BCUT2D eigenvalue weighted by Gasteiger charge is 2.55. The van der Waals surface area contributed by atoms with Gasteiger partial charge >= 0.3 is 17.6 Å². The second-order valence-electron chi connectivity index (χ2n) is 5.78. The molecule has 3 N–H and O–H groups in total. The number of nitrogens with two attached hydrogens (primary N) is 1. The van der Waals surface area contributed by atoms with Crippen molar-refractivity contribution in [2.75, 3.05) is 34.2 Å². The maximum Gasteiger partial charge on any atom is 0.529 e. The molecule has 0 aliphatic heterocycles. The predicted molar refractivity (Wildman–Crippen MR) is 111 cm³/mol. The molecule has 0 saturated carbocycles. The summed E-state index contributed by atoms with van der Waals surface area (Å²) in [7, 11) is -0.542. The van der Waals surface area contributed by atoms with Gasteiger partial charge in [0.2, 0.25) is 0 Å². The van der Waals surface area contributed by atoms with Gasteiger partial charge in [-0.1, -0.05) is 36.4 Å². The van der Waals surface area contributed by atoms with Gasteiger partial charge in [0.15, 0.2) is 6.40 Å². The summed E-state index contributed by atoms with van der Waals surface area (Å²) in [5, 5.41) is 8.45. The molecule has 0 aliphatic rings. The fourth-order valence-corrected chi connectivity index (χ4v) is 8.85. The van der Waals surface area contributed by atoms with Crippen LogP contribution in [-0.2, 0) is 33.2 Å². The zero-order chi connectivity index (χ0) is 20.6. The van der Waals surface area contributed by atoms with Crippen molar-refractivity contribution < 1.29 is 26.6 Å². The van der Waals surface area contributed by atoms with E-state index in [1.165, 1.54) is 28.4 Å². The first-order valence-electron chi connectivity index (χ1n) is 8.46. The summed E-state index contributed by atoms with van der Waals surface area (Å²) in [4.78, 5) is 0. The fourth-order valence-electron chi connectivity index (χ4n) is 2.73. The molecule has 0 aliphatic carbocycles. The Balaban J connectivity index is 2.42. The Hall–Kier alpha value is -2.06. The molecule has 0 amide bonds. The SMILES string of the molecule is CO[Si](OC)(O[Si](OC)(OC)c1ccc(COC=N)cc1)c1ccc(N)cc1. The molecule has 0 fully saturated rings. The lowest BCUT2D eigenvalue weighted by Crippen LogP contribution is -2.68. The van der Waals surface area contributed by atoms with Crippen LogP contribution in [-0.4, -0.2) is 52.4 Å². The number of ether oxygens (including phenoxy) is 1. The van der Waals surface area contributed by atoms with E-state index in [4.69, 9.17) is 37.7 Å². The van der Waals surface area contributed by atoms with Gasteiger partial charge in [-0.05, 0) is 17.7 Å². The van der Waals surface area contributed by atoms with Gasteiger partial charge in [0.1, 0.15) is 6.61 Å². The molecule has 0 bridgehead atoms. The molecule has 0 unspecified atom stereocenters. The Morgan fingerprint density at radius 1 is 0.786 bits per heavy atom. The minimum absolute atomic E-state index is 0.305. The van der Waals surface area contributed by atoms with Crippen LogP contribution in [0.1, 0.15) is 5.56 Å². The van der Waals surface area contributed by atoms with E-state index in [-0.39, 0.29) is 0 Å². The maximum absolute atomic E-state index is 6.96. The summed E-state index contributed by atoms with van der Waals surface area (Å²) >= 11 is 0. The van der Waals surface area contributed by atoms with Gasteiger partial charge in [0.25, 0.3) is 0 Å². The summed E-state index contributed by atoms with van der Waals surface area (Å²) in [5.41, 5.74) is 7.33. The highest BCUT2D eigenvalue weighted by Crippen LogP contribution is 2.19. The maximum atomic E-state index is 6.96. The third kappa shape index (κ3) is 4.67. The van der Waals surface area contributed by atoms with Crippen molar-refractivity contribution in [1.82, 2.24) is 0 Å². The van der Waals surface area contributed by atoms with E-state index >= 15 is 0 Å². The van der Waals surface area contributed by atoms with Crippen LogP contribution < -0.4 is 16.1 Å². The topological polar surface area (TPSA) is 105 Å². The molecule has 0 spiro atoms. The Morgan fingerprint density at radius 2 is 1.21 bits per heavy atom. The molecule has 0 saturated heterocycles. The first-order valence-corrected chi connectivity index (χ1v) is 11.9. The minimum atomic E-state index is -3.35. The number of hydrogen-bond acceptors (Lipinski definition) is 8. The van der Waals surface area contributed by atoms with E-state index < -0.39 is 17.6 Å². The number of nitrogen functional groups attached to an aromatic ring is 1. The molecule has 0 aromatic heterocycles. The third-order valence-corrected chi connectivity index (χ3v) is 10.6. The summed E-state index contributed by atoms with van der Waals surface area (Å²) in [5.74, 6) is 0. The zero-order valence-corrected chi connectivity index (χ0v) is 18.4. The first-order chi connectivity index (χ1) is 13.5. The molecule has 8 nitrogen and oxygen atoms in total. The second-order valence-corrected chi connectivity index (χ2v) is 11.6. The van der Waals surface area contributed by atoms with Crippen LogP contribution in [0.5, 0.6) is 0 Å². The summed E-state index contributed by atoms with van der Waals surface area (Å²) < 4.78 is 34.5. The Morgan fingerprint density at radius 3 is 1.61 bits per heavy atom. The molecular formula is C18H26N2O6Si2. The second kappa shape index (κ2) is 9.93. The van der Waals surface area contributed by atoms with Gasteiger partial charge < -0.3 is 32.3 Å². The van der Waals surface area contributed by atoms with E-state index in [2.05, 4.69) is 0 Å². The Kier molecular flexibility index (Phi) is 7.89. The minimum Gasteiger partial charge on any atom is -0.479 e. The molecule has 2 rings (SSSR count). The molecule has 28 heavy (non-hydrogen) atoms. The highest BCUT2D eigenvalue weighted by molar-refractivity contribution is 6.88. The van der Waals surface area contributed by atoms with Crippen LogP contribution in [0.4, 0.5) is 5.69 Å². The van der Waals surface area contributed by atoms with Crippen molar-refractivity contribution in [3.8, 4) is 0 Å². The zero-order valence-electron chi connectivity index (χ0n) is 16.4. The van der Waals surface area contributed by atoms with Crippen LogP contribution in [0.3, 0.4) is 0 Å². The van der Waals surface area contributed by atoms with Gasteiger partial charge in [-0.25, -0.2) is 0 Å². The van der Waals surface area contributed by atoms with E-state index in [9.17, 15) is 0 Å². The quantitative estimate of drug-likeness (QED) is 0.241. The van der Waals surface area contributed by atoms with Crippen molar-refractivity contribution in [2.45, 2.75) is 6.61 Å². The van der Waals surface area contributed by atoms with Crippen LogP contribution in [0.15, 0.2) is 48.5 Å². The van der Waals surface area contributed by atoms with Gasteiger partial charge in [-0.15, -0.1) is 0 Å². The van der Waals surface area contributed by atoms with Crippen LogP contribution in [0.2, 0.25) is 0 Å². The molecule has 2 aromatic rings. The molecule has 0 radical (unpaired) electrons. The lowest BCUT2D eigenvalue weighted by atomic mass is 10.2. The fraction of sp³-hybridized carbons (Fsp3) is 0.278.